The van der Waals surface area contributed by atoms with Crippen molar-refractivity contribution in [3.63, 3.8) is 0 Å². The molecule has 1 aliphatic heterocycles. The van der Waals surface area contributed by atoms with Crippen molar-refractivity contribution in [2.75, 3.05) is 64.7 Å². The fourth-order valence-electron chi connectivity index (χ4n) is 6.73. The summed E-state index contributed by atoms with van der Waals surface area (Å²) < 4.78 is 27.9. The summed E-state index contributed by atoms with van der Waals surface area (Å²) in [6.45, 7) is 11.6. The molecule has 5 rings (SSSR count). The predicted octanol–water partition coefficient (Wildman–Crippen LogP) is 7.16. The largest absolute Gasteiger partial charge is 0.494 e. The first-order valence-electron chi connectivity index (χ1n) is 21.1. The van der Waals surface area contributed by atoms with E-state index in [1.807, 2.05) is 82.3 Å². The second kappa shape index (κ2) is 23.4. The second-order valence-corrected chi connectivity index (χ2v) is 16.0. The number of H-pyrrole nitrogens is 1. The zero-order valence-electron chi connectivity index (χ0n) is 35.8. The summed E-state index contributed by atoms with van der Waals surface area (Å²) in [7, 11) is 0. The van der Waals surface area contributed by atoms with Gasteiger partial charge in [-0.25, -0.2) is 9.78 Å². The number of benzene rings is 2. The molecule has 330 valence electrons. The Hall–Kier alpha value is -5.58. The number of likely N-dealkylation sites (tertiary alicyclic amines) is 1. The van der Waals surface area contributed by atoms with E-state index >= 15 is 0 Å². The molecule has 0 radical (unpaired) electrons. The Balaban J connectivity index is 1.08. The number of hydrogen-bond acceptors (Lipinski definition) is 12. The fraction of sp³-hybridized carbons (Fsp3) is 0.511. The van der Waals surface area contributed by atoms with Gasteiger partial charge in [-0.15, -0.1) is 0 Å². The Bertz CT molecular complexity index is 1960. The minimum atomic E-state index is -0.874. The number of rotatable bonds is 24. The number of anilines is 1. The van der Waals surface area contributed by atoms with E-state index in [2.05, 4.69) is 25.8 Å². The lowest BCUT2D eigenvalue weighted by atomic mass is 9.86. The third kappa shape index (κ3) is 15.4. The van der Waals surface area contributed by atoms with Gasteiger partial charge in [0.2, 0.25) is 0 Å². The molecule has 0 saturated carbocycles. The average molecular weight is 844 g/mol. The SMILES string of the molecule is C[C@@H](NC(=O)c1cccc(NC2(c3nc(-c4ccncc4)n[nH]3)CCN(C(=O)OC(C)(C)C)CC2)c1)c1cccc(OCCCCCCOCCOCCOCCC(=O)O)c1. The monoisotopic (exact) mass is 843 g/mol. The molecule has 1 saturated heterocycles. The number of aromatic nitrogens is 4. The molecule has 61 heavy (non-hydrogen) atoms. The number of nitrogens with one attached hydrogen (secondary N) is 3. The number of carbonyl (C=O) groups excluding carboxylic acids is 2. The summed E-state index contributed by atoms with van der Waals surface area (Å²) in [6, 6.07) is 18.6. The van der Waals surface area contributed by atoms with Crippen LogP contribution in [0.15, 0.2) is 73.1 Å². The number of carboxylic acids is 1. The molecule has 3 heterocycles. The van der Waals surface area contributed by atoms with Crippen molar-refractivity contribution < 1.29 is 43.2 Å². The average Bonchev–Trinajstić information content (AvgIpc) is 3.75. The van der Waals surface area contributed by atoms with Gasteiger partial charge in [0.1, 0.15) is 16.9 Å². The number of piperidine rings is 1. The highest BCUT2D eigenvalue weighted by Crippen LogP contribution is 2.36. The first kappa shape index (κ1) is 46.5. The third-order valence-corrected chi connectivity index (χ3v) is 10.0. The number of aliphatic carboxylic acids is 1. The standard InChI is InChI=1S/C45H61N7O9/c1-33(35-11-10-14-38(32-35)60-25-8-6-5-7-24-57-27-29-59-30-28-58-26-17-39(53)54)47-41(55)36-12-9-13-37(31-36)49-45(18-22-52(23-19-45)43(56)61-44(2,3)4)42-48-40(50-51-42)34-15-20-46-21-16-34/h9-16,20-21,31-33,49H,5-8,17-19,22-30H2,1-4H3,(H,47,55)(H,53,54)(H,48,50,51)/t33-/m1/s1. The van der Waals surface area contributed by atoms with Crippen LogP contribution in [-0.2, 0) is 29.3 Å². The highest BCUT2D eigenvalue weighted by molar-refractivity contribution is 5.95. The number of hydrogen-bond donors (Lipinski definition) is 4. The molecule has 0 aliphatic carbocycles. The Morgan fingerprint density at radius 3 is 2.23 bits per heavy atom. The maximum atomic E-state index is 13.6. The molecule has 1 atom stereocenters. The second-order valence-electron chi connectivity index (χ2n) is 16.0. The quantitative estimate of drug-likeness (QED) is 0.0519. The minimum Gasteiger partial charge on any atom is -0.494 e. The Morgan fingerprint density at radius 2 is 1.52 bits per heavy atom. The molecule has 0 unspecified atom stereocenters. The van der Waals surface area contributed by atoms with Gasteiger partial charge in [-0.2, -0.15) is 5.10 Å². The van der Waals surface area contributed by atoms with Gasteiger partial charge in [0, 0.05) is 48.9 Å². The number of aromatic amines is 1. The molecule has 2 aromatic carbocycles. The Labute approximate surface area is 358 Å². The lowest BCUT2D eigenvalue weighted by molar-refractivity contribution is -0.138. The number of ether oxygens (including phenoxy) is 5. The molecule has 16 nitrogen and oxygen atoms in total. The lowest BCUT2D eigenvalue weighted by Gasteiger charge is -2.41. The van der Waals surface area contributed by atoms with E-state index in [1.54, 1.807) is 23.4 Å². The summed E-state index contributed by atoms with van der Waals surface area (Å²) in [6.07, 6.45) is 7.99. The molecule has 2 aromatic heterocycles. The molecule has 1 fully saturated rings. The van der Waals surface area contributed by atoms with Crippen LogP contribution in [0.3, 0.4) is 0 Å². The van der Waals surface area contributed by atoms with Crippen molar-refractivity contribution in [1.82, 2.24) is 30.4 Å². The number of nitrogens with zero attached hydrogens (tertiary/aromatic N) is 4. The predicted molar refractivity (Wildman–Crippen MR) is 229 cm³/mol. The highest BCUT2D eigenvalue weighted by atomic mass is 16.6. The fourth-order valence-corrected chi connectivity index (χ4v) is 6.73. The minimum absolute atomic E-state index is 0.00606. The van der Waals surface area contributed by atoms with Gasteiger partial charge >= 0.3 is 12.1 Å². The summed E-state index contributed by atoms with van der Waals surface area (Å²) in [4.78, 5) is 47.8. The molecule has 0 spiro atoms. The van der Waals surface area contributed by atoms with E-state index in [0.717, 1.165) is 48.2 Å². The number of unbranched alkanes of at least 4 members (excludes halogenated alkanes) is 3. The van der Waals surface area contributed by atoms with Crippen LogP contribution < -0.4 is 15.4 Å². The zero-order valence-corrected chi connectivity index (χ0v) is 35.8. The number of carbonyl (C=O) groups is 3. The van der Waals surface area contributed by atoms with E-state index < -0.39 is 17.1 Å². The molecule has 2 amide bonds. The van der Waals surface area contributed by atoms with Crippen LogP contribution in [0.25, 0.3) is 11.4 Å². The Morgan fingerprint density at radius 1 is 0.852 bits per heavy atom. The van der Waals surface area contributed by atoms with Crippen LogP contribution in [0, 0.1) is 0 Å². The molecule has 0 bridgehead atoms. The summed E-state index contributed by atoms with van der Waals surface area (Å²) in [5.41, 5.74) is 1.67. The van der Waals surface area contributed by atoms with Gasteiger partial charge < -0.3 is 44.3 Å². The highest BCUT2D eigenvalue weighted by Gasteiger charge is 2.41. The van der Waals surface area contributed by atoms with E-state index in [1.165, 1.54) is 0 Å². The van der Waals surface area contributed by atoms with Crippen LogP contribution in [0.5, 0.6) is 5.75 Å². The van der Waals surface area contributed by atoms with E-state index in [4.69, 9.17) is 33.8 Å². The van der Waals surface area contributed by atoms with Crippen molar-refractivity contribution in [3.8, 4) is 17.1 Å². The molecular weight excluding hydrogens is 783 g/mol. The van der Waals surface area contributed by atoms with Crippen LogP contribution in [0.4, 0.5) is 10.5 Å². The third-order valence-electron chi connectivity index (χ3n) is 10.0. The van der Waals surface area contributed by atoms with Gasteiger partial charge in [-0.05, 0) is 108 Å². The smallest absolute Gasteiger partial charge is 0.410 e. The Kier molecular flexibility index (Phi) is 17.9. The van der Waals surface area contributed by atoms with E-state index in [9.17, 15) is 14.4 Å². The van der Waals surface area contributed by atoms with Crippen molar-refractivity contribution in [2.24, 2.45) is 0 Å². The van der Waals surface area contributed by atoms with Crippen molar-refractivity contribution in [2.45, 2.75) is 89.8 Å². The lowest BCUT2D eigenvalue weighted by Crippen LogP contribution is -2.50. The summed E-state index contributed by atoms with van der Waals surface area (Å²) in [5.74, 6) is 0.837. The summed E-state index contributed by atoms with van der Waals surface area (Å²) >= 11 is 0. The number of carboxylic acid groups (broad SMARTS) is 1. The maximum Gasteiger partial charge on any atom is 0.410 e. The van der Waals surface area contributed by atoms with Gasteiger partial charge in [-0.1, -0.05) is 24.6 Å². The van der Waals surface area contributed by atoms with Gasteiger partial charge in [0.05, 0.1) is 52.1 Å². The van der Waals surface area contributed by atoms with Gasteiger partial charge in [0.25, 0.3) is 5.91 Å². The molecule has 4 N–H and O–H groups in total. The number of amides is 2. The van der Waals surface area contributed by atoms with Crippen molar-refractivity contribution >= 4 is 23.7 Å². The topological polar surface area (TPSA) is 199 Å². The van der Waals surface area contributed by atoms with Crippen LogP contribution in [-0.4, -0.2) is 113 Å². The molecular formula is C45H61N7O9. The van der Waals surface area contributed by atoms with Crippen LogP contribution >= 0.6 is 0 Å². The summed E-state index contributed by atoms with van der Waals surface area (Å²) in [5, 5.41) is 23.1. The first-order chi connectivity index (χ1) is 29.4. The van der Waals surface area contributed by atoms with E-state index in [0.29, 0.717) is 82.8 Å². The van der Waals surface area contributed by atoms with Crippen LogP contribution in [0.1, 0.15) is 100 Å². The van der Waals surface area contributed by atoms with Gasteiger partial charge in [-0.3, -0.25) is 19.7 Å². The molecule has 4 aromatic rings. The number of pyridine rings is 1. The molecule has 16 heteroatoms. The normalized spacial score (nSPS) is 14.3. The van der Waals surface area contributed by atoms with E-state index in [-0.39, 0.29) is 31.1 Å². The van der Waals surface area contributed by atoms with Crippen molar-refractivity contribution in [3.05, 3.63) is 90.0 Å². The van der Waals surface area contributed by atoms with Gasteiger partial charge in [0.15, 0.2) is 11.6 Å². The first-order valence-corrected chi connectivity index (χ1v) is 21.1. The maximum absolute atomic E-state index is 13.6. The zero-order chi connectivity index (χ0) is 43.5. The van der Waals surface area contributed by atoms with Crippen molar-refractivity contribution in [1.29, 1.82) is 0 Å². The molecule has 1 aliphatic rings. The van der Waals surface area contributed by atoms with Crippen LogP contribution in [0.2, 0.25) is 0 Å².